The fraction of sp³-hybridized carbons (Fsp3) is 0.529. The molecule has 0 bridgehead atoms. The second-order valence-electron chi connectivity index (χ2n) is 5.68. The standard InChI is InChI=1S/C17H27FN4O2/c1-12(2)16(23)20-9-10-21-17(19-4)22-11-13(3)24-15-8-6-5-7-14(15)18/h5-8,12-13H,9-11H2,1-4H3,(H,20,23)(H2,19,21,22). The Morgan fingerprint density at radius 3 is 2.46 bits per heavy atom. The summed E-state index contributed by atoms with van der Waals surface area (Å²) in [4.78, 5) is 15.5. The van der Waals surface area contributed by atoms with Gasteiger partial charge in [-0.15, -0.1) is 0 Å². The van der Waals surface area contributed by atoms with Crippen LogP contribution in [0.1, 0.15) is 20.8 Å². The summed E-state index contributed by atoms with van der Waals surface area (Å²) in [5.74, 6) is 0.433. The van der Waals surface area contributed by atoms with Crippen LogP contribution in [-0.4, -0.2) is 44.7 Å². The minimum atomic E-state index is -0.382. The average Bonchev–Trinajstić information content (AvgIpc) is 2.56. The van der Waals surface area contributed by atoms with Crippen molar-refractivity contribution in [1.82, 2.24) is 16.0 Å². The highest BCUT2D eigenvalue weighted by Gasteiger charge is 2.09. The second kappa shape index (κ2) is 10.5. The number of ether oxygens (including phenoxy) is 1. The van der Waals surface area contributed by atoms with Crippen LogP contribution < -0.4 is 20.7 Å². The van der Waals surface area contributed by atoms with Crippen LogP contribution in [0.2, 0.25) is 0 Å². The van der Waals surface area contributed by atoms with E-state index in [1.807, 2.05) is 20.8 Å². The predicted molar refractivity (Wildman–Crippen MR) is 93.7 cm³/mol. The van der Waals surface area contributed by atoms with Crippen LogP contribution in [0.15, 0.2) is 29.3 Å². The highest BCUT2D eigenvalue weighted by atomic mass is 19.1. The van der Waals surface area contributed by atoms with E-state index < -0.39 is 0 Å². The number of amides is 1. The van der Waals surface area contributed by atoms with E-state index in [1.165, 1.54) is 6.07 Å². The minimum Gasteiger partial charge on any atom is -0.486 e. The van der Waals surface area contributed by atoms with Crippen molar-refractivity contribution < 1.29 is 13.9 Å². The molecule has 0 saturated heterocycles. The molecule has 0 aromatic heterocycles. The van der Waals surface area contributed by atoms with Crippen molar-refractivity contribution in [2.24, 2.45) is 10.9 Å². The Morgan fingerprint density at radius 1 is 1.17 bits per heavy atom. The van der Waals surface area contributed by atoms with Gasteiger partial charge in [-0.2, -0.15) is 0 Å². The molecule has 24 heavy (non-hydrogen) atoms. The van der Waals surface area contributed by atoms with Crippen molar-refractivity contribution in [2.45, 2.75) is 26.9 Å². The number of benzene rings is 1. The molecule has 1 amide bonds. The van der Waals surface area contributed by atoms with Crippen molar-refractivity contribution in [1.29, 1.82) is 0 Å². The summed E-state index contributed by atoms with van der Waals surface area (Å²) >= 11 is 0. The first-order valence-corrected chi connectivity index (χ1v) is 8.07. The molecule has 3 N–H and O–H groups in total. The van der Waals surface area contributed by atoms with E-state index in [2.05, 4.69) is 20.9 Å². The lowest BCUT2D eigenvalue weighted by atomic mass is 10.2. The first kappa shape index (κ1) is 19.7. The number of para-hydroxylation sites is 1. The van der Waals surface area contributed by atoms with Crippen LogP contribution in [0, 0.1) is 11.7 Å². The molecule has 0 fully saturated rings. The van der Waals surface area contributed by atoms with Gasteiger partial charge in [0.1, 0.15) is 6.10 Å². The maximum absolute atomic E-state index is 13.5. The topological polar surface area (TPSA) is 74.8 Å². The van der Waals surface area contributed by atoms with Gasteiger partial charge in [0.2, 0.25) is 5.91 Å². The normalized spacial score (nSPS) is 12.7. The summed E-state index contributed by atoms with van der Waals surface area (Å²) in [7, 11) is 1.66. The monoisotopic (exact) mass is 338 g/mol. The number of aliphatic imine (C=N–C) groups is 1. The number of carbonyl (C=O) groups excluding carboxylic acids is 1. The van der Waals surface area contributed by atoms with Gasteiger partial charge < -0.3 is 20.7 Å². The average molecular weight is 338 g/mol. The number of nitrogens with one attached hydrogen (secondary N) is 3. The van der Waals surface area contributed by atoms with Gasteiger partial charge in [0.25, 0.3) is 0 Å². The lowest BCUT2D eigenvalue weighted by molar-refractivity contribution is -0.123. The van der Waals surface area contributed by atoms with E-state index in [0.717, 1.165) is 0 Å². The fourth-order valence-electron chi connectivity index (χ4n) is 1.83. The van der Waals surface area contributed by atoms with Crippen LogP contribution >= 0.6 is 0 Å². The molecule has 1 unspecified atom stereocenters. The van der Waals surface area contributed by atoms with Crippen LogP contribution in [0.4, 0.5) is 4.39 Å². The minimum absolute atomic E-state index is 0.0201. The first-order valence-electron chi connectivity index (χ1n) is 8.07. The molecule has 0 aliphatic heterocycles. The van der Waals surface area contributed by atoms with Gasteiger partial charge in [-0.1, -0.05) is 26.0 Å². The number of hydrogen-bond donors (Lipinski definition) is 3. The van der Waals surface area contributed by atoms with Gasteiger partial charge in [-0.05, 0) is 19.1 Å². The molecular formula is C17H27FN4O2. The summed E-state index contributed by atoms with van der Waals surface area (Å²) in [6, 6.07) is 6.30. The van der Waals surface area contributed by atoms with E-state index in [9.17, 15) is 9.18 Å². The van der Waals surface area contributed by atoms with E-state index >= 15 is 0 Å². The van der Waals surface area contributed by atoms with E-state index in [-0.39, 0.29) is 29.5 Å². The summed E-state index contributed by atoms with van der Waals surface area (Å²) in [6.45, 7) is 7.07. The van der Waals surface area contributed by atoms with Crippen molar-refractivity contribution in [3.05, 3.63) is 30.1 Å². The van der Waals surface area contributed by atoms with E-state index in [4.69, 9.17) is 4.74 Å². The SMILES string of the molecule is CN=C(NCCNC(=O)C(C)C)NCC(C)Oc1ccccc1F. The Morgan fingerprint density at radius 2 is 1.83 bits per heavy atom. The number of hydrogen-bond acceptors (Lipinski definition) is 3. The quantitative estimate of drug-likeness (QED) is 0.382. The van der Waals surface area contributed by atoms with E-state index in [0.29, 0.717) is 25.6 Å². The van der Waals surface area contributed by atoms with Gasteiger partial charge in [-0.25, -0.2) is 4.39 Å². The number of carbonyl (C=O) groups is 1. The van der Waals surface area contributed by atoms with Crippen molar-refractivity contribution in [3.63, 3.8) is 0 Å². The number of rotatable bonds is 8. The lowest BCUT2D eigenvalue weighted by Gasteiger charge is -2.18. The second-order valence-corrected chi connectivity index (χ2v) is 5.68. The molecule has 6 nitrogen and oxygen atoms in total. The van der Waals surface area contributed by atoms with Gasteiger partial charge in [-0.3, -0.25) is 9.79 Å². The lowest BCUT2D eigenvalue weighted by Crippen LogP contribution is -2.44. The molecule has 0 radical (unpaired) electrons. The van der Waals surface area contributed by atoms with Crippen molar-refractivity contribution in [2.75, 3.05) is 26.7 Å². The highest BCUT2D eigenvalue weighted by Crippen LogP contribution is 2.16. The van der Waals surface area contributed by atoms with Gasteiger partial charge in [0, 0.05) is 26.1 Å². The molecule has 7 heteroatoms. The van der Waals surface area contributed by atoms with Crippen LogP contribution in [0.25, 0.3) is 0 Å². The zero-order valence-corrected chi connectivity index (χ0v) is 14.7. The number of nitrogens with zero attached hydrogens (tertiary/aromatic N) is 1. The van der Waals surface area contributed by atoms with Crippen molar-refractivity contribution >= 4 is 11.9 Å². The molecule has 1 aromatic rings. The molecular weight excluding hydrogens is 311 g/mol. The van der Waals surface area contributed by atoms with Gasteiger partial charge in [0.05, 0.1) is 6.54 Å². The molecule has 0 aliphatic rings. The molecule has 0 spiro atoms. The molecule has 0 saturated carbocycles. The maximum atomic E-state index is 13.5. The maximum Gasteiger partial charge on any atom is 0.222 e. The zero-order chi connectivity index (χ0) is 17.9. The number of guanidine groups is 1. The zero-order valence-electron chi connectivity index (χ0n) is 14.7. The summed E-state index contributed by atoms with van der Waals surface area (Å²) in [5, 5.41) is 9.00. The molecule has 1 atom stereocenters. The van der Waals surface area contributed by atoms with Crippen LogP contribution in [-0.2, 0) is 4.79 Å². The summed E-state index contributed by atoms with van der Waals surface area (Å²) < 4.78 is 19.1. The summed E-state index contributed by atoms with van der Waals surface area (Å²) in [6.07, 6.45) is -0.235. The summed E-state index contributed by atoms with van der Waals surface area (Å²) in [5.41, 5.74) is 0. The van der Waals surface area contributed by atoms with Crippen LogP contribution in [0.3, 0.4) is 0 Å². The van der Waals surface area contributed by atoms with Gasteiger partial charge in [0.15, 0.2) is 17.5 Å². The Balaban J connectivity index is 2.28. The molecule has 0 heterocycles. The Hall–Kier alpha value is -2.31. The third-order valence-electron chi connectivity index (χ3n) is 3.19. The third kappa shape index (κ3) is 7.30. The predicted octanol–water partition coefficient (Wildman–Crippen LogP) is 1.53. The number of halogens is 1. The first-order chi connectivity index (χ1) is 11.4. The smallest absolute Gasteiger partial charge is 0.222 e. The van der Waals surface area contributed by atoms with Crippen molar-refractivity contribution in [3.8, 4) is 5.75 Å². The Labute approximate surface area is 142 Å². The fourth-order valence-corrected chi connectivity index (χ4v) is 1.83. The Bertz CT molecular complexity index is 549. The third-order valence-corrected chi connectivity index (χ3v) is 3.19. The highest BCUT2D eigenvalue weighted by molar-refractivity contribution is 5.80. The molecule has 1 rings (SSSR count). The van der Waals surface area contributed by atoms with Crippen LogP contribution in [0.5, 0.6) is 5.75 Å². The van der Waals surface area contributed by atoms with E-state index in [1.54, 1.807) is 25.2 Å². The molecule has 1 aromatic carbocycles. The van der Waals surface area contributed by atoms with Gasteiger partial charge >= 0.3 is 0 Å². The molecule has 134 valence electrons. The Kier molecular flexibility index (Phi) is 8.60. The largest absolute Gasteiger partial charge is 0.486 e. The molecule has 0 aliphatic carbocycles.